The second-order valence-electron chi connectivity index (χ2n) is 7.20. The SMILES string of the molecule is CC1(C)CN(CC(C)(C)C(N)c2ccccc2)CCO1. The van der Waals surface area contributed by atoms with Crippen molar-refractivity contribution in [2.75, 3.05) is 26.2 Å². The minimum atomic E-state index is -0.0504. The molecule has 1 aliphatic heterocycles. The molecule has 1 unspecified atom stereocenters. The summed E-state index contributed by atoms with van der Waals surface area (Å²) in [5, 5.41) is 0. The van der Waals surface area contributed by atoms with Gasteiger partial charge in [0.25, 0.3) is 0 Å². The third-order valence-corrected chi connectivity index (χ3v) is 4.14. The van der Waals surface area contributed by atoms with Gasteiger partial charge in [0.2, 0.25) is 0 Å². The molecule has 1 fully saturated rings. The molecule has 0 bridgehead atoms. The lowest BCUT2D eigenvalue weighted by molar-refractivity contribution is -0.0938. The number of morpholine rings is 1. The number of rotatable bonds is 4. The third-order valence-electron chi connectivity index (χ3n) is 4.14. The second kappa shape index (κ2) is 5.84. The molecule has 1 saturated heterocycles. The van der Waals surface area contributed by atoms with Crippen LogP contribution in [-0.2, 0) is 4.74 Å². The highest BCUT2D eigenvalue weighted by atomic mass is 16.5. The average Bonchev–Trinajstić information content (AvgIpc) is 2.37. The van der Waals surface area contributed by atoms with Gasteiger partial charge in [0, 0.05) is 25.7 Å². The first-order valence-electron chi connectivity index (χ1n) is 7.47. The van der Waals surface area contributed by atoms with Crippen LogP contribution in [0.15, 0.2) is 30.3 Å². The Balaban J connectivity index is 2.03. The molecule has 0 radical (unpaired) electrons. The Kier molecular flexibility index (Phi) is 4.52. The highest BCUT2D eigenvalue weighted by Gasteiger charge is 2.34. The second-order valence-corrected chi connectivity index (χ2v) is 7.20. The zero-order valence-electron chi connectivity index (χ0n) is 13.2. The number of benzene rings is 1. The molecule has 1 heterocycles. The molecule has 0 spiro atoms. The van der Waals surface area contributed by atoms with Crippen molar-refractivity contribution in [1.82, 2.24) is 4.90 Å². The van der Waals surface area contributed by atoms with Crippen molar-refractivity contribution < 1.29 is 4.74 Å². The van der Waals surface area contributed by atoms with Crippen molar-refractivity contribution in [3.8, 4) is 0 Å². The summed E-state index contributed by atoms with van der Waals surface area (Å²) in [6.45, 7) is 12.6. The van der Waals surface area contributed by atoms with Gasteiger partial charge in [-0.1, -0.05) is 44.2 Å². The smallest absolute Gasteiger partial charge is 0.0753 e. The molecule has 2 N–H and O–H groups in total. The van der Waals surface area contributed by atoms with Crippen molar-refractivity contribution in [1.29, 1.82) is 0 Å². The summed E-state index contributed by atoms with van der Waals surface area (Å²) >= 11 is 0. The van der Waals surface area contributed by atoms with Gasteiger partial charge in [0.15, 0.2) is 0 Å². The van der Waals surface area contributed by atoms with E-state index in [9.17, 15) is 0 Å². The van der Waals surface area contributed by atoms with Gasteiger partial charge in [-0.2, -0.15) is 0 Å². The van der Waals surface area contributed by atoms with Crippen LogP contribution in [0.5, 0.6) is 0 Å². The van der Waals surface area contributed by atoms with E-state index < -0.39 is 0 Å². The molecule has 0 saturated carbocycles. The Bertz CT molecular complexity index is 428. The molecule has 112 valence electrons. The Labute approximate surface area is 123 Å². The van der Waals surface area contributed by atoms with Crippen LogP contribution < -0.4 is 5.73 Å². The fraction of sp³-hybridized carbons (Fsp3) is 0.647. The van der Waals surface area contributed by atoms with E-state index in [1.807, 2.05) is 6.07 Å². The zero-order chi connectivity index (χ0) is 14.8. The molecule has 0 amide bonds. The van der Waals surface area contributed by atoms with E-state index in [2.05, 4.69) is 56.9 Å². The monoisotopic (exact) mass is 276 g/mol. The number of ether oxygens (including phenoxy) is 1. The molecule has 1 aromatic carbocycles. The molecule has 3 nitrogen and oxygen atoms in total. The summed E-state index contributed by atoms with van der Waals surface area (Å²) in [6, 6.07) is 10.4. The van der Waals surface area contributed by atoms with Crippen molar-refractivity contribution in [3.05, 3.63) is 35.9 Å². The number of nitrogens with two attached hydrogens (primary N) is 1. The Morgan fingerprint density at radius 3 is 2.55 bits per heavy atom. The topological polar surface area (TPSA) is 38.5 Å². The molecule has 1 aliphatic rings. The maximum Gasteiger partial charge on any atom is 0.0753 e. The molecule has 1 aromatic rings. The predicted molar refractivity (Wildman–Crippen MR) is 83.6 cm³/mol. The van der Waals surface area contributed by atoms with E-state index in [0.29, 0.717) is 0 Å². The quantitative estimate of drug-likeness (QED) is 0.919. The van der Waals surface area contributed by atoms with E-state index in [4.69, 9.17) is 10.5 Å². The number of nitrogens with zero attached hydrogens (tertiary/aromatic N) is 1. The lowest BCUT2D eigenvalue weighted by atomic mass is 9.80. The van der Waals surface area contributed by atoms with E-state index in [1.54, 1.807) is 0 Å². The first-order valence-corrected chi connectivity index (χ1v) is 7.47. The lowest BCUT2D eigenvalue weighted by Gasteiger charge is -2.43. The molecule has 3 heteroatoms. The van der Waals surface area contributed by atoms with Gasteiger partial charge in [-0.15, -0.1) is 0 Å². The van der Waals surface area contributed by atoms with Crippen molar-refractivity contribution in [2.24, 2.45) is 11.1 Å². The van der Waals surface area contributed by atoms with Crippen LogP contribution in [0.2, 0.25) is 0 Å². The van der Waals surface area contributed by atoms with Crippen LogP contribution >= 0.6 is 0 Å². The Morgan fingerprint density at radius 2 is 1.95 bits per heavy atom. The van der Waals surface area contributed by atoms with Crippen molar-refractivity contribution in [2.45, 2.75) is 39.3 Å². The van der Waals surface area contributed by atoms with Gasteiger partial charge in [-0.3, -0.25) is 4.90 Å². The van der Waals surface area contributed by atoms with Crippen molar-refractivity contribution >= 4 is 0 Å². The van der Waals surface area contributed by atoms with E-state index in [-0.39, 0.29) is 17.1 Å². The summed E-state index contributed by atoms with van der Waals surface area (Å²) in [5.41, 5.74) is 7.70. The van der Waals surface area contributed by atoms with Gasteiger partial charge in [-0.25, -0.2) is 0 Å². The molecular weight excluding hydrogens is 248 g/mol. The maximum absolute atomic E-state index is 6.50. The van der Waals surface area contributed by atoms with Gasteiger partial charge >= 0.3 is 0 Å². The van der Waals surface area contributed by atoms with Gasteiger partial charge in [0.05, 0.1) is 12.2 Å². The van der Waals surface area contributed by atoms with Crippen LogP contribution in [0.4, 0.5) is 0 Å². The van der Waals surface area contributed by atoms with Crippen LogP contribution in [0.3, 0.4) is 0 Å². The van der Waals surface area contributed by atoms with Gasteiger partial charge < -0.3 is 10.5 Å². The third kappa shape index (κ3) is 3.81. The Morgan fingerprint density at radius 1 is 1.30 bits per heavy atom. The lowest BCUT2D eigenvalue weighted by Crippen LogP contribution is -2.52. The standard InChI is InChI=1S/C17H28N2O/c1-16(2,15(18)14-8-6-5-7-9-14)12-19-10-11-20-17(3,4)13-19/h5-9,15H,10-13,18H2,1-4H3. The fourth-order valence-corrected chi connectivity index (χ4v) is 3.04. The van der Waals surface area contributed by atoms with Gasteiger partial charge in [0.1, 0.15) is 0 Å². The number of hydrogen-bond donors (Lipinski definition) is 1. The fourth-order valence-electron chi connectivity index (χ4n) is 3.04. The predicted octanol–water partition coefficient (Wildman–Crippen LogP) is 2.82. The largest absolute Gasteiger partial charge is 0.373 e. The summed E-state index contributed by atoms with van der Waals surface area (Å²) in [4.78, 5) is 2.48. The van der Waals surface area contributed by atoms with Crippen LogP contribution in [-0.4, -0.2) is 36.7 Å². The average molecular weight is 276 g/mol. The molecule has 2 rings (SSSR count). The summed E-state index contributed by atoms with van der Waals surface area (Å²) in [5.74, 6) is 0. The first kappa shape index (κ1) is 15.5. The summed E-state index contributed by atoms with van der Waals surface area (Å²) in [6.07, 6.45) is 0. The molecule has 0 aliphatic carbocycles. The minimum Gasteiger partial charge on any atom is -0.373 e. The van der Waals surface area contributed by atoms with E-state index >= 15 is 0 Å². The summed E-state index contributed by atoms with van der Waals surface area (Å²) < 4.78 is 5.78. The summed E-state index contributed by atoms with van der Waals surface area (Å²) in [7, 11) is 0. The van der Waals surface area contributed by atoms with Gasteiger partial charge in [-0.05, 0) is 24.8 Å². The highest BCUT2D eigenvalue weighted by molar-refractivity contribution is 5.20. The maximum atomic E-state index is 6.50. The van der Waals surface area contributed by atoms with E-state index in [1.165, 1.54) is 5.56 Å². The molecule has 0 aromatic heterocycles. The molecular formula is C17H28N2O. The number of hydrogen-bond acceptors (Lipinski definition) is 3. The minimum absolute atomic E-state index is 0.0365. The van der Waals surface area contributed by atoms with E-state index in [0.717, 1.165) is 26.2 Å². The van der Waals surface area contributed by atoms with Crippen LogP contribution in [0.1, 0.15) is 39.3 Å². The normalized spacial score (nSPS) is 21.6. The van der Waals surface area contributed by atoms with Crippen LogP contribution in [0.25, 0.3) is 0 Å². The van der Waals surface area contributed by atoms with Crippen molar-refractivity contribution in [3.63, 3.8) is 0 Å². The molecule has 20 heavy (non-hydrogen) atoms. The first-order chi connectivity index (χ1) is 9.30. The van der Waals surface area contributed by atoms with Crippen LogP contribution in [0, 0.1) is 5.41 Å². The Hall–Kier alpha value is -0.900. The zero-order valence-corrected chi connectivity index (χ0v) is 13.2. The molecule has 1 atom stereocenters. The highest BCUT2D eigenvalue weighted by Crippen LogP contribution is 2.33.